The van der Waals surface area contributed by atoms with E-state index in [2.05, 4.69) is 5.32 Å². The second-order valence-electron chi connectivity index (χ2n) is 5.70. The van der Waals surface area contributed by atoms with Gasteiger partial charge in [0.15, 0.2) is 6.10 Å². The van der Waals surface area contributed by atoms with Crippen LogP contribution in [0.3, 0.4) is 0 Å². The Morgan fingerprint density at radius 1 is 1.04 bits per heavy atom. The van der Waals surface area contributed by atoms with Crippen LogP contribution in [0.15, 0.2) is 42.5 Å². The fourth-order valence-electron chi connectivity index (χ4n) is 2.50. The number of nitrogens with one attached hydrogen (secondary N) is 1. The number of benzene rings is 2. The summed E-state index contributed by atoms with van der Waals surface area (Å²) < 4.78 is 5.26. The summed E-state index contributed by atoms with van der Waals surface area (Å²) in [6, 6.07) is 12.3. The minimum Gasteiger partial charge on any atom is -0.449 e. The normalized spacial score (nSPS) is 11.7. The average Bonchev–Trinajstić information content (AvgIpc) is 2.62. The highest BCUT2D eigenvalue weighted by molar-refractivity contribution is 6.30. The van der Waals surface area contributed by atoms with E-state index in [1.807, 2.05) is 32.0 Å². The molecule has 0 saturated heterocycles. The molecule has 0 radical (unpaired) electrons. The van der Waals surface area contributed by atoms with Crippen molar-refractivity contribution in [3.8, 4) is 0 Å². The van der Waals surface area contributed by atoms with E-state index in [-0.39, 0.29) is 5.91 Å². The van der Waals surface area contributed by atoms with E-state index in [1.165, 1.54) is 0 Å². The zero-order valence-electron chi connectivity index (χ0n) is 14.6. The number of aryl methyl sites for hydroxylation is 2. The lowest BCUT2D eigenvalue weighted by atomic mass is 10.0. The summed E-state index contributed by atoms with van der Waals surface area (Å²) in [6.07, 6.45) is 0.711. The van der Waals surface area contributed by atoms with Crippen molar-refractivity contribution in [1.82, 2.24) is 0 Å². The van der Waals surface area contributed by atoms with Crippen LogP contribution in [0.5, 0.6) is 0 Å². The second-order valence-corrected chi connectivity index (χ2v) is 6.14. The molecule has 0 heterocycles. The average molecular weight is 360 g/mol. The predicted octanol–water partition coefficient (Wildman–Crippen LogP) is 4.65. The number of rotatable bonds is 6. The molecule has 5 heteroatoms. The molecule has 0 aliphatic carbocycles. The van der Waals surface area contributed by atoms with Crippen LogP contribution in [0, 0.1) is 0 Å². The molecule has 1 N–H and O–H groups in total. The van der Waals surface area contributed by atoms with Crippen LogP contribution in [0.1, 0.15) is 42.3 Å². The molecule has 132 valence electrons. The third kappa shape index (κ3) is 4.83. The molecule has 0 aliphatic rings. The first-order valence-corrected chi connectivity index (χ1v) is 8.72. The highest BCUT2D eigenvalue weighted by Gasteiger charge is 2.20. The van der Waals surface area contributed by atoms with Crippen LogP contribution in [0.2, 0.25) is 5.02 Å². The van der Waals surface area contributed by atoms with E-state index in [1.54, 1.807) is 31.2 Å². The summed E-state index contributed by atoms with van der Waals surface area (Å²) in [4.78, 5) is 24.6. The van der Waals surface area contributed by atoms with Gasteiger partial charge in [0, 0.05) is 10.7 Å². The molecule has 2 rings (SSSR count). The Kier molecular flexibility index (Phi) is 6.59. The molecular formula is C20H22ClNO3. The van der Waals surface area contributed by atoms with Gasteiger partial charge in [-0.3, -0.25) is 4.79 Å². The molecule has 2 aromatic rings. The predicted molar refractivity (Wildman–Crippen MR) is 100 cm³/mol. The van der Waals surface area contributed by atoms with E-state index in [0.717, 1.165) is 29.7 Å². The van der Waals surface area contributed by atoms with E-state index in [9.17, 15) is 9.59 Å². The fraction of sp³-hybridized carbons (Fsp3) is 0.300. The van der Waals surface area contributed by atoms with Crippen LogP contribution in [-0.2, 0) is 22.4 Å². The van der Waals surface area contributed by atoms with Gasteiger partial charge in [-0.1, -0.05) is 43.6 Å². The molecule has 2 aromatic carbocycles. The zero-order chi connectivity index (χ0) is 18.4. The Hall–Kier alpha value is -2.33. The lowest BCUT2D eigenvalue weighted by molar-refractivity contribution is -0.123. The van der Waals surface area contributed by atoms with Gasteiger partial charge in [0.1, 0.15) is 0 Å². The Labute approximate surface area is 153 Å². The molecule has 0 spiro atoms. The quantitative estimate of drug-likeness (QED) is 0.764. The molecule has 0 fully saturated rings. The van der Waals surface area contributed by atoms with Crippen LogP contribution in [0.4, 0.5) is 5.69 Å². The van der Waals surface area contributed by atoms with Crippen molar-refractivity contribution in [3.63, 3.8) is 0 Å². The summed E-state index contributed by atoms with van der Waals surface area (Å²) >= 11 is 5.80. The summed E-state index contributed by atoms with van der Waals surface area (Å²) in [7, 11) is 0. The number of halogens is 1. The van der Waals surface area contributed by atoms with Gasteiger partial charge in [-0.05, 0) is 55.2 Å². The van der Waals surface area contributed by atoms with E-state index < -0.39 is 12.1 Å². The number of carbonyl (C=O) groups is 2. The van der Waals surface area contributed by atoms with Gasteiger partial charge in [0.05, 0.1) is 5.56 Å². The third-order valence-corrected chi connectivity index (χ3v) is 4.23. The number of hydrogen-bond acceptors (Lipinski definition) is 3. The van der Waals surface area contributed by atoms with Gasteiger partial charge < -0.3 is 10.1 Å². The molecule has 1 atom stereocenters. The molecule has 0 saturated carbocycles. The lowest BCUT2D eigenvalue weighted by Gasteiger charge is -2.18. The monoisotopic (exact) mass is 359 g/mol. The Morgan fingerprint density at radius 3 is 2.12 bits per heavy atom. The van der Waals surface area contributed by atoms with Crippen LogP contribution < -0.4 is 5.32 Å². The van der Waals surface area contributed by atoms with Crippen LogP contribution in [0.25, 0.3) is 0 Å². The fourth-order valence-corrected chi connectivity index (χ4v) is 2.62. The topological polar surface area (TPSA) is 55.4 Å². The Balaban J connectivity index is 2.08. The van der Waals surface area contributed by atoms with Crippen molar-refractivity contribution in [3.05, 3.63) is 64.2 Å². The van der Waals surface area contributed by atoms with Crippen molar-refractivity contribution in [2.24, 2.45) is 0 Å². The number of ether oxygens (including phenoxy) is 1. The van der Waals surface area contributed by atoms with Gasteiger partial charge in [0.25, 0.3) is 5.91 Å². The van der Waals surface area contributed by atoms with Crippen molar-refractivity contribution in [2.45, 2.75) is 39.7 Å². The summed E-state index contributed by atoms with van der Waals surface area (Å²) in [6.45, 7) is 5.63. The molecule has 1 amide bonds. The molecular weight excluding hydrogens is 338 g/mol. The first-order valence-electron chi connectivity index (χ1n) is 8.34. The third-order valence-electron chi connectivity index (χ3n) is 3.98. The number of anilines is 1. The second kappa shape index (κ2) is 8.67. The van der Waals surface area contributed by atoms with E-state index in [4.69, 9.17) is 16.3 Å². The van der Waals surface area contributed by atoms with Crippen molar-refractivity contribution < 1.29 is 14.3 Å². The number of hydrogen-bond donors (Lipinski definition) is 1. The minimum atomic E-state index is -0.905. The largest absolute Gasteiger partial charge is 0.449 e. The van der Waals surface area contributed by atoms with E-state index in [0.29, 0.717) is 10.6 Å². The molecule has 1 unspecified atom stereocenters. The van der Waals surface area contributed by atoms with E-state index >= 15 is 0 Å². The lowest BCUT2D eigenvalue weighted by Crippen LogP contribution is -2.30. The number of esters is 1. The molecule has 25 heavy (non-hydrogen) atoms. The maximum Gasteiger partial charge on any atom is 0.338 e. The maximum absolute atomic E-state index is 12.5. The standard InChI is InChI=1S/C20H22ClNO3/c1-4-14-7-6-8-15(5-2)18(14)22-19(23)13(3)25-20(24)16-9-11-17(21)12-10-16/h6-13H,4-5H2,1-3H3,(H,22,23). The highest BCUT2D eigenvalue weighted by atomic mass is 35.5. The van der Waals surface area contributed by atoms with Crippen molar-refractivity contribution in [2.75, 3.05) is 5.32 Å². The Bertz CT molecular complexity index is 734. The number of amides is 1. The molecule has 0 aliphatic heterocycles. The highest BCUT2D eigenvalue weighted by Crippen LogP contribution is 2.23. The molecule has 4 nitrogen and oxygen atoms in total. The van der Waals surface area contributed by atoms with Crippen molar-refractivity contribution >= 4 is 29.2 Å². The van der Waals surface area contributed by atoms with Gasteiger partial charge in [-0.15, -0.1) is 0 Å². The van der Waals surface area contributed by atoms with Gasteiger partial charge >= 0.3 is 5.97 Å². The zero-order valence-corrected chi connectivity index (χ0v) is 15.4. The molecule has 0 aromatic heterocycles. The van der Waals surface area contributed by atoms with Gasteiger partial charge in [-0.25, -0.2) is 4.79 Å². The SMILES string of the molecule is CCc1cccc(CC)c1NC(=O)C(C)OC(=O)c1ccc(Cl)cc1. The van der Waals surface area contributed by atoms with Gasteiger partial charge in [0.2, 0.25) is 0 Å². The first-order chi connectivity index (χ1) is 12.0. The van der Waals surface area contributed by atoms with Crippen LogP contribution >= 0.6 is 11.6 Å². The van der Waals surface area contributed by atoms with Crippen molar-refractivity contribution in [1.29, 1.82) is 0 Å². The smallest absolute Gasteiger partial charge is 0.338 e. The first kappa shape index (κ1) is 19.0. The minimum absolute atomic E-state index is 0.349. The molecule has 0 bridgehead atoms. The summed E-state index contributed by atoms with van der Waals surface area (Å²) in [5.41, 5.74) is 3.28. The number of carbonyl (C=O) groups excluding carboxylic acids is 2. The Morgan fingerprint density at radius 2 is 1.60 bits per heavy atom. The maximum atomic E-state index is 12.5. The van der Waals surface area contributed by atoms with Crippen LogP contribution in [-0.4, -0.2) is 18.0 Å². The van der Waals surface area contributed by atoms with Gasteiger partial charge in [-0.2, -0.15) is 0 Å². The number of para-hydroxylation sites is 1. The summed E-state index contributed by atoms with van der Waals surface area (Å²) in [5.74, 6) is -0.906. The summed E-state index contributed by atoms with van der Waals surface area (Å²) in [5, 5.41) is 3.44.